The predicted octanol–water partition coefficient (Wildman–Crippen LogP) is 3.81. The summed E-state index contributed by atoms with van der Waals surface area (Å²) >= 11 is 8.31. The molecule has 0 bridgehead atoms. The van der Waals surface area contributed by atoms with E-state index < -0.39 is 10.0 Å². The molecule has 0 saturated heterocycles. The summed E-state index contributed by atoms with van der Waals surface area (Å²) in [6.45, 7) is 0. The molecule has 0 fully saturated rings. The number of thiazole rings is 1. The van der Waals surface area contributed by atoms with Gasteiger partial charge in [-0.3, -0.25) is 4.72 Å². The van der Waals surface area contributed by atoms with Crippen LogP contribution in [0.1, 0.15) is 0 Å². The van der Waals surface area contributed by atoms with Gasteiger partial charge in [0.1, 0.15) is 4.21 Å². The Bertz CT molecular complexity index is 825. The number of hydrogen-bond donors (Lipinski definition) is 1. The predicted molar refractivity (Wildman–Crippen MR) is 79.8 cm³/mol. The van der Waals surface area contributed by atoms with Gasteiger partial charge in [0.2, 0.25) is 0 Å². The molecule has 2 aromatic heterocycles. The number of thiophene rings is 1. The maximum absolute atomic E-state index is 12.0. The zero-order valence-corrected chi connectivity index (χ0v) is 12.5. The van der Waals surface area contributed by atoms with Crippen LogP contribution < -0.4 is 4.72 Å². The number of anilines is 1. The molecule has 0 amide bonds. The van der Waals surface area contributed by atoms with Gasteiger partial charge in [0, 0.05) is 5.02 Å². The van der Waals surface area contributed by atoms with Gasteiger partial charge in [0.05, 0.1) is 10.2 Å². The number of benzene rings is 1. The van der Waals surface area contributed by atoms with Crippen molar-refractivity contribution in [2.24, 2.45) is 0 Å². The lowest BCUT2D eigenvalue weighted by atomic mass is 10.3. The molecular formula is C11H7ClN2O2S3. The second kappa shape index (κ2) is 4.75. The zero-order valence-electron chi connectivity index (χ0n) is 9.33. The Labute approximate surface area is 122 Å². The minimum absolute atomic E-state index is 0.268. The van der Waals surface area contributed by atoms with Gasteiger partial charge < -0.3 is 0 Å². The SMILES string of the molecule is O=S(=O)(Nc1nc2cc(Cl)ccc2s1)c1cccs1. The molecule has 1 aromatic carbocycles. The van der Waals surface area contributed by atoms with E-state index in [2.05, 4.69) is 9.71 Å². The molecule has 0 unspecified atom stereocenters. The zero-order chi connectivity index (χ0) is 13.5. The van der Waals surface area contributed by atoms with Crippen molar-refractivity contribution in [3.05, 3.63) is 40.7 Å². The first-order chi connectivity index (χ1) is 9.04. The molecule has 98 valence electrons. The van der Waals surface area contributed by atoms with Crippen LogP contribution in [0.3, 0.4) is 0 Å². The summed E-state index contributed by atoms with van der Waals surface area (Å²) in [5.41, 5.74) is 0.682. The molecule has 19 heavy (non-hydrogen) atoms. The van der Waals surface area contributed by atoms with E-state index in [0.29, 0.717) is 15.7 Å². The standard InChI is InChI=1S/C11H7ClN2O2S3/c12-7-3-4-9-8(6-7)13-11(18-9)14-19(15,16)10-2-1-5-17-10/h1-6H,(H,13,14). The maximum atomic E-state index is 12.0. The van der Waals surface area contributed by atoms with Gasteiger partial charge >= 0.3 is 0 Å². The van der Waals surface area contributed by atoms with Gasteiger partial charge in [-0.25, -0.2) is 13.4 Å². The van der Waals surface area contributed by atoms with Crippen molar-refractivity contribution in [3.8, 4) is 0 Å². The summed E-state index contributed by atoms with van der Waals surface area (Å²) < 4.78 is 27.7. The van der Waals surface area contributed by atoms with E-state index in [0.717, 1.165) is 16.0 Å². The van der Waals surface area contributed by atoms with E-state index in [1.807, 2.05) is 6.07 Å². The van der Waals surface area contributed by atoms with Gasteiger partial charge in [-0.05, 0) is 29.6 Å². The number of fused-ring (bicyclic) bond motifs is 1. The second-order valence-corrected chi connectivity index (χ2v) is 7.99. The van der Waals surface area contributed by atoms with E-state index in [-0.39, 0.29) is 4.21 Å². The van der Waals surface area contributed by atoms with Crippen molar-refractivity contribution >= 4 is 59.6 Å². The summed E-state index contributed by atoms with van der Waals surface area (Å²) in [6.07, 6.45) is 0. The van der Waals surface area contributed by atoms with Gasteiger partial charge in [0.15, 0.2) is 5.13 Å². The lowest BCUT2D eigenvalue weighted by Gasteiger charge is -2.00. The van der Waals surface area contributed by atoms with Crippen LogP contribution in [0.15, 0.2) is 39.9 Å². The Morgan fingerprint density at radius 1 is 1.26 bits per heavy atom. The van der Waals surface area contributed by atoms with Crippen LogP contribution in [0.5, 0.6) is 0 Å². The number of halogens is 1. The Hall–Kier alpha value is -1.15. The first-order valence-electron chi connectivity index (χ1n) is 5.17. The summed E-state index contributed by atoms with van der Waals surface area (Å²) in [5, 5.41) is 2.63. The van der Waals surface area contributed by atoms with Crippen molar-refractivity contribution in [1.29, 1.82) is 0 Å². The Morgan fingerprint density at radius 2 is 2.11 bits per heavy atom. The van der Waals surface area contributed by atoms with Crippen LogP contribution in [0.4, 0.5) is 5.13 Å². The summed E-state index contributed by atoms with van der Waals surface area (Å²) in [4.78, 5) is 4.22. The van der Waals surface area contributed by atoms with E-state index in [4.69, 9.17) is 11.6 Å². The summed E-state index contributed by atoms with van der Waals surface area (Å²) in [5.74, 6) is 0. The Morgan fingerprint density at radius 3 is 2.84 bits per heavy atom. The second-order valence-electron chi connectivity index (χ2n) is 3.67. The Balaban J connectivity index is 1.98. The minimum Gasteiger partial charge on any atom is -0.254 e. The molecule has 3 rings (SSSR count). The van der Waals surface area contributed by atoms with Crippen LogP contribution in [-0.4, -0.2) is 13.4 Å². The van der Waals surface area contributed by atoms with Crippen molar-refractivity contribution in [1.82, 2.24) is 4.98 Å². The maximum Gasteiger partial charge on any atom is 0.273 e. The normalized spacial score (nSPS) is 11.8. The summed E-state index contributed by atoms with van der Waals surface area (Å²) in [7, 11) is -3.54. The summed E-state index contributed by atoms with van der Waals surface area (Å²) in [6, 6.07) is 8.52. The van der Waals surface area contributed by atoms with Gasteiger partial charge in [-0.15, -0.1) is 11.3 Å². The van der Waals surface area contributed by atoms with Crippen molar-refractivity contribution < 1.29 is 8.42 Å². The van der Waals surface area contributed by atoms with Gasteiger partial charge in [0.25, 0.3) is 10.0 Å². The van der Waals surface area contributed by atoms with E-state index in [1.54, 1.807) is 29.6 Å². The number of sulfonamides is 1. The lowest BCUT2D eigenvalue weighted by molar-refractivity contribution is 0.603. The molecule has 0 radical (unpaired) electrons. The number of rotatable bonds is 3. The highest BCUT2D eigenvalue weighted by Crippen LogP contribution is 2.30. The fraction of sp³-hybridized carbons (Fsp3) is 0. The molecule has 1 N–H and O–H groups in total. The highest BCUT2D eigenvalue weighted by molar-refractivity contribution is 7.94. The van der Waals surface area contributed by atoms with Gasteiger partial charge in [-0.1, -0.05) is 29.0 Å². The molecule has 0 aliphatic carbocycles. The molecule has 4 nitrogen and oxygen atoms in total. The third-order valence-electron chi connectivity index (χ3n) is 2.33. The lowest BCUT2D eigenvalue weighted by Crippen LogP contribution is -2.10. The molecule has 0 atom stereocenters. The molecule has 0 aliphatic rings. The first-order valence-corrected chi connectivity index (χ1v) is 8.73. The quantitative estimate of drug-likeness (QED) is 0.794. The third-order valence-corrected chi connectivity index (χ3v) is 6.38. The van der Waals surface area contributed by atoms with Crippen LogP contribution in [0, 0.1) is 0 Å². The number of nitrogens with one attached hydrogen (secondary N) is 1. The Kier molecular flexibility index (Phi) is 3.22. The number of nitrogens with zero attached hydrogens (tertiary/aromatic N) is 1. The first kappa shape index (κ1) is 12.9. The van der Waals surface area contributed by atoms with Gasteiger partial charge in [-0.2, -0.15) is 0 Å². The van der Waals surface area contributed by atoms with E-state index in [1.165, 1.54) is 11.3 Å². The topological polar surface area (TPSA) is 59.1 Å². The van der Waals surface area contributed by atoms with E-state index in [9.17, 15) is 8.42 Å². The number of hydrogen-bond acceptors (Lipinski definition) is 5. The number of aromatic nitrogens is 1. The average Bonchev–Trinajstić information content (AvgIpc) is 2.95. The third kappa shape index (κ3) is 2.59. The van der Waals surface area contributed by atoms with Crippen molar-refractivity contribution in [2.75, 3.05) is 4.72 Å². The molecule has 0 saturated carbocycles. The highest BCUT2D eigenvalue weighted by Gasteiger charge is 2.17. The van der Waals surface area contributed by atoms with Crippen LogP contribution in [0.2, 0.25) is 5.02 Å². The monoisotopic (exact) mass is 330 g/mol. The fourth-order valence-electron chi connectivity index (χ4n) is 1.53. The smallest absolute Gasteiger partial charge is 0.254 e. The average molecular weight is 331 g/mol. The van der Waals surface area contributed by atoms with Crippen molar-refractivity contribution in [2.45, 2.75) is 4.21 Å². The minimum atomic E-state index is -3.54. The highest BCUT2D eigenvalue weighted by atomic mass is 35.5. The fourth-order valence-corrected chi connectivity index (χ4v) is 4.77. The van der Waals surface area contributed by atoms with Crippen LogP contribution >= 0.6 is 34.3 Å². The molecule has 0 aliphatic heterocycles. The molecule has 8 heteroatoms. The molecule has 0 spiro atoms. The largest absolute Gasteiger partial charge is 0.273 e. The van der Waals surface area contributed by atoms with Crippen molar-refractivity contribution in [3.63, 3.8) is 0 Å². The van der Waals surface area contributed by atoms with Crippen LogP contribution in [-0.2, 0) is 10.0 Å². The van der Waals surface area contributed by atoms with E-state index >= 15 is 0 Å². The van der Waals surface area contributed by atoms with Crippen LogP contribution in [0.25, 0.3) is 10.2 Å². The molecular weight excluding hydrogens is 324 g/mol. The molecule has 2 heterocycles. The molecule has 3 aromatic rings.